The van der Waals surface area contributed by atoms with Gasteiger partial charge in [-0.25, -0.2) is 0 Å². The molecule has 1 N–H and O–H groups in total. The summed E-state index contributed by atoms with van der Waals surface area (Å²) in [6.45, 7) is 0. The Morgan fingerprint density at radius 3 is 1.81 bits per heavy atom. The van der Waals surface area contributed by atoms with Gasteiger partial charge < -0.3 is 4.74 Å². The lowest BCUT2D eigenvalue weighted by atomic mass is 10.2. The molecule has 0 fully saturated rings. The minimum Gasteiger partial charge on any atom is -0.447 e. The average molecular weight is 358 g/mol. The molecular weight excluding hydrogens is 340 g/mol. The quantitative estimate of drug-likeness (QED) is 0.388. The lowest BCUT2D eigenvalue weighted by Crippen LogP contribution is -2.24. The van der Waals surface area contributed by atoms with Crippen molar-refractivity contribution in [2.75, 3.05) is 10.4 Å². The highest BCUT2D eigenvalue weighted by Gasteiger charge is 2.09. The second kappa shape index (κ2) is 7.76. The van der Waals surface area contributed by atoms with Gasteiger partial charge >= 0.3 is 0 Å². The van der Waals surface area contributed by atoms with Crippen LogP contribution in [0.5, 0.6) is 10.8 Å². The number of hydrogen-bond donors (Lipinski definition) is 1. The summed E-state index contributed by atoms with van der Waals surface area (Å²) >= 11 is 1.58. The zero-order chi connectivity index (χ0) is 17.6. The van der Waals surface area contributed by atoms with Gasteiger partial charge in [0.2, 0.25) is 0 Å². The predicted molar refractivity (Wildman–Crippen MR) is 109 cm³/mol. The van der Waals surface area contributed by atoms with Gasteiger partial charge in [0, 0.05) is 0 Å². The third-order valence-electron chi connectivity index (χ3n) is 3.84. The van der Waals surface area contributed by atoms with E-state index in [1.165, 1.54) is 0 Å². The average Bonchev–Trinajstić information content (AvgIpc) is 3.22. The lowest BCUT2D eigenvalue weighted by Gasteiger charge is -2.26. The molecule has 0 bridgehead atoms. The fourth-order valence-electron chi connectivity index (χ4n) is 2.60. The monoisotopic (exact) mass is 358 g/mol. The molecule has 1 aromatic heterocycles. The van der Waals surface area contributed by atoms with Crippen molar-refractivity contribution in [2.24, 2.45) is 0 Å². The molecule has 0 radical (unpaired) electrons. The van der Waals surface area contributed by atoms with Crippen molar-refractivity contribution >= 4 is 28.4 Å². The smallest absolute Gasteiger partial charge is 0.180 e. The van der Waals surface area contributed by atoms with Crippen LogP contribution in [0.4, 0.5) is 17.1 Å². The molecule has 0 aliphatic heterocycles. The van der Waals surface area contributed by atoms with Crippen LogP contribution in [-0.2, 0) is 0 Å². The number of thiophene rings is 1. The number of hydrazine groups is 1. The first kappa shape index (κ1) is 16.2. The number of para-hydroxylation sites is 2. The third-order valence-corrected chi connectivity index (χ3v) is 4.58. The first-order chi connectivity index (χ1) is 12.9. The summed E-state index contributed by atoms with van der Waals surface area (Å²) in [6, 6.07) is 32.4. The van der Waals surface area contributed by atoms with Crippen LogP contribution in [0.2, 0.25) is 0 Å². The van der Waals surface area contributed by atoms with Gasteiger partial charge in [-0.3, -0.25) is 10.4 Å². The summed E-state index contributed by atoms with van der Waals surface area (Å²) < 4.78 is 5.82. The maximum Gasteiger partial charge on any atom is 0.180 e. The van der Waals surface area contributed by atoms with Gasteiger partial charge in [-0.1, -0.05) is 36.4 Å². The second-order valence-corrected chi connectivity index (χ2v) is 6.59. The van der Waals surface area contributed by atoms with Gasteiger partial charge in [0.15, 0.2) is 5.06 Å². The van der Waals surface area contributed by atoms with Crippen LogP contribution in [-0.4, -0.2) is 0 Å². The Morgan fingerprint density at radius 1 is 0.654 bits per heavy atom. The van der Waals surface area contributed by atoms with Crippen LogP contribution in [0.15, 0.2) is 102 Å². The SMILES string of the molecule is c1ccc(N(Nc2ccc(Oc3cccs3)cc2)c2ccccc2)cc1. The molecule has 0 saturated heterocycles. The number of nitrogens with zero attached hydrogens (tertiary/aromatic N) is 1. The maximum absolute atomic E-state index is 5.82. The molecule has 3 nitrogen and oxygen atoms in total. The molecule has 128 valence electrons. The van der Waals surface area contributed by atoms with Gasteiger partial charge in [-0.05, 0) is 66.0 Å². The van der Waals surface area contributed by atoms with E-state index in [2.05, 4.69) is 34.7 Å². The van der Waals surface area contributed by atoms with E-state index >= 15 is 0 Å². The number of anilines is 3. The van der Waals surface area contributed by atoms with E-state index in [0.717, 1.165) is 27.9 Å². The Bertz CT molecular complexity index is 884. The van der Waals surface area contributed by atoms with Gasteiger partial charge in [-0.15, -0.1) is 11.3 Å². The summed E-state index contributed by atoms with van der Waals surface area (Å²) in [5.41, 5.74) is 6.60. The number of benzene rings is 3. The van der Waals surface area contributed by atoms with E-state index in [-0.39, 0.29) is 0 Å². The van der Waals surface area contributed by atoms with Crippen molar-refractivity contribution in [3.63, 3.8) is 0 Å². The molecule has 0 aliphatic rings. The van der Waals surface area contributed by atoms with E-state index in [0.29, 0.717) is 0 Å². The highest BCUT2D eigenvalue weighted by molar-refractivity contribution is 7.11. The van der Waals surface area contributed by atoms with Crippen LogP contribution in [0, 0.1) is 0 Å². The zero-order valence-electron chi connectivity index (χ0n) is 14.1. The first-order valence-corrected chi connectivity index (χ1v) is 9.25. The maximum atomic E-state index is 5.82. The molecule has 0 unspecified atom stereocenters. The van der Waals surface area contributed by atoms with Crippen LogP contribution < -0.4 is 15.2 Å². The van der Waals surface area contributed by atoms with Crippen LogP contribution >= 0.6 is 11.3 Å². The molecule has 4 heteroatoms. The molecule has 4 rings (SSSR count). The highest BCUT2D eigenvalue weighted by atomic mass is 32.1. The predicted octanol–water partition coefficient (Wildman–Crippen LogP) is 6.71. The second-order valence-electron chi connectivity index (χ2n) is 5.68. The number of nitrogens with one attached hydrogen (secondary N) is 1. The Hall–Kier alpha value is -3.24. The molecule has 0 amide bonds. The van der Waals surface area contributed by atoms with E-state index < -0.39 is 0 Å². The van der Waals surface area contributed by atoms with E-state index in [1.54, 1.807) is 11.3 Å². The van der Waals surface area contributed by atoms with Gasteiger partial charge in [-0.2, -0.15) is 0 Å². The number of ether oxygens (including phenoxy) is 1. The van der Waals surface area contributed by atoms with Crippen molar-refractivity contribution in [3.8, 4) is 10.8 Å². The minimum atomic E-state index is 0.823. The first-order valence-electron chi connectivity index (χ1n) is 8.37. The zero-order valence-corrected chi connectivity index (χ0v) is 14.9. The molecular formula is C22H18N2OS. The van der Waals surface area contributed by atoms with Crippen LogP contribution in [0.3, 0.4) is 0 Å². The van der Waals surface area contributed by atoms with Crippen molar-refractivity contribution in [3.05, 3.63) is 102 Å². The summed E-state index contributed by atoms with van der Waals surface area (Å²) in [4.78, 5) is 0. The molecule has 0 saturated carbocycles. The number of rotatable bonds is 6. The van der Waals surface area contributed by atoms with Crippen LogP contribution in [0.25, 0.3) is 0 Å². The number of hydrogen-bond acceptors (Lipinski definition) is 4. The van der Waals surface area contributed by atoms with Crippen molar-refractivity contribution in [1.29, 1.82) is 0 Å². The van der Waals surface area contributed by atoms with Crippen molar-refractivity contribution in [2.45, 2.75) is 0 Å². The Kier molecular flexibility index (Phi) is 4.85. The van der Waals surface area contributed by atoms with Crippen molar-refractivity contribution in [1.82, 2.24) is 0 Å². The van der Waals surface area contributed by atoms with E-state index in [4.69, 9.17) is 4.74 Å². The summed E-state index contributed by atoms with van der Waals surface area (Å²) in [7, 11) is 0. The minimum absolute atomic E-state index is 0.823. The Morgan fingerprint density at radius 2 is 1.27 bits per heavy atom. The normalized spacial score (nSPS) is 10.3. The topological polar surface area (TPSA) is 24.5 Å². The molecule has 0 atom stereocenters. The third kappa shape index (κ3) is 3.87. The van der Waals surface area contributed by atoms with Crippen LogP contribution in [0.1, 0.15) is 0 Å². The van der Waals surface area contributed by atoms with Gasteiger partial charge in [0.05, 0.1) is 17.1 Å². The van der Waals surface area contributed by atoms with Gasteiger partial charge in [0.25, 0.3) is 0 Å². The summed E-state index contributed by atoms with van der Waals surface area (Å²) in [6.07, 6.45) is 0. The Labute approximate surface area is 157 Å². The summed E-state index contributed by atoms with van der Waals surface area (Å²) in [5.74, 6) is 0.823. The van der Waals surface area contributed by atoms with E-state index in [9.17, 15) is 0 Å². The molecule has 1 heterocycles. The molecule has 0 aliphatic carbocycles. The fraction of sp³-hybridized carbons (Fsp3) is 0. The summed E-state index contributed by atoms with van der Waals surface area (Å²) in [5, 5.41) is 4.96. The molecule has 3 aromatic carbocycles. The molecule has 4 aromatic rings. The van der Waals surface area contributed by atoms with E-state index in [1.807, 2.05) is 78.2 Å². The lowest BCUT2D eigenvalue weighted by molar-refractivity contribution is 0.497. The van der Waals surface area contributed by atoms with Crippen molar-refractivity contribution < 1.29 is 4.74 Å². The molecule has 26 heavy (non-hydrogen) atoms. The highest BCUT2D eigenvalue weighted by Crippen LogP contribution is 2.29. The van der Waals surface area contributed by atoms with Gasteiger partial charge in [0.1, 0.15) is 5.75 Å². The largest absolute Gasteiger partial charge is 0.447 e. The standard InChI is InChI=1S/C22H18N2OS/c1-3-8-19(9-4-1)24(20-10-5-2-6-11-20)23-18-13-15-21(16-14-18)25-22-12-7-17-26-22/h1-17,23H. The molecule has 0 spiro atoms. The fourth-order valence-corrected chi connectivity index (χ4v) is 3.19. The Balaban J connectivity index is 1.56.